The first-order chi connectivity index (χ1) is 14.5. The Labute approximate surface area is 181 Å². The zero-order chi connectivity index (χ0) is 22.9. The average molecular weight is 474 g/mol. The fourth-order valence-electron chi connectivity index (χ4n) is 3.29. The van der Waals surface area contributed by atoms with Crippen molar-refractivity contribution in [3.05, 3.63) is 47.2 Å². The van der Waals surface area contributed by atoms with Crippen LogP contribution in [0.15, 0.2) is 41.3 Å². The van der Waals surface area contributed by atoms with Crippen LogP contribution in [0.4, 0.5) is 19.3 Å². The first kappa shape index (κ1) is 22.9. The topological polar surface area (TPSA) is 116 Å². The van der Waals surface area contributed by atoms with E-state index < -0.39 is 46.6 Å². The Bertz CT molecular complexity index is 1150. The number of sulfonamides is 1. The molecule has 0 bridgehead atoms. The van der Waals surface area contributed by atoms with E-state index in [1.54, 1.807) is 0 Å². The molecular formula is C19H18ClF2N3O5S. The van der Waals surface area contributed by atoms with Gasteiger partial charge in [-0.25, -0.2) is 26.7 Å². The van der Waals surface area contributed by atoms with Crippen molar-refractivity contribution in [2.75, 3.05) is 18.9 Å². The van der Waals surface area contributed by atoms with Gasteiger partial charge in [0.1, 0.15) is 12.2 Å². The van der Waals surface area contributed by atoms with Crippen molar-refractivity contribution < 1.29 is 31.9 Å². The van der Waals surface area contributed by atoms with E-state index in [4.69, 9.17) is 16.7 Å². The number of nitrogens with one attached hydrogen (secondary N) is 2. The predicted molar refractivity (Wildman–Crippen MR) is 110 cm³/mol. The molecule has 2 atom stereocenters. The summed E-state index contributed by atoms with van der Waals surface area (Å²) in [5.41, 5.74) is -0.294. The lowest BCUT2D eigenvalue weighted by Gasteiger charge is -2.20. The minimum Gasteiger partial charge on any atom is -0.465 e. The molecule has 1 aliphatic heterocycles. The van der Waals surface area contributed by atoms with Gasteiger partial charge >= 0.3 is 6.09 Å². The molecule has 0 spiro atoms. The minimum absolute atomic E-state index is 0.0726. The summed E-state index contributed by atoms with van der Waals surface area (Å²) < 4.78 is 55.1. The third-order valence-electron chi connectivity index (χ3n) is 4.86. The van der Waals surface area contributed by atoms with Gasteiger partial charge in [-0.05, 0) is 31.3 Å². The minimum atomic E-state index is -3.82. The second-order valence-corrected chi connectivity index (χ2v) is 9.08. The van der Waals surface area contributed by atoms with Crippen LogP contribution in [0.5, 0.6) is 0 Å². The molecule has 2 aromatic rings. The molecular weight excluding hydrogens is 456 g/mol. The summed E-state index contributed by atoms with van der Waals surface area (Å²) >= 11 is 6.14. The van der Waals surface area contributed by atoms with Crippen LogP contribution in [0.25, 0.3) is 11.1 Å². The molecule has 0 aliphatic carbocycles. The maximum absolute atomic E-state index is 15.2. The molecule has 0 aromatic heterocycles. The largest absolute Gasteiger partial charge is 0.465 e. The molecule has 1 fully saturated rings. The molecule has 166 valence electrons. The van der Waals surface area contributed by atoms with Gasteiger partial charge in [-0.15, -0.1) is 0 Å². The molecule has 8 nitrogen and oxygen atoms in total. The van der Waals surface area contributed by atoms with Gasteiger partial charge in [0.05, 0.1) is 17.1 Å². The average Bonchev–Trinajstić information content (AvgIpc) is 3.12. The van der Waals surface area contributed by atoms with Crippen LogP contribution >= 0.6 is 11.6 Å². The predicted octanol–water partition coefficient (Wildman–Crippen LogP) is 3.08. The van der Waals surface area contributed by atoms with Gasteiger partial charge in [0.2, 0.25) is 15.9 Å². The van der Waals surface area contributed by atoms with Crippen LogP contribution in [0.3, 0.4) is 0 Å². The van der Waals surface area contributed by atoms with E-state index >= 15 is 4.39 Å². The van der Waals surface area contributed by atoms with Gasteiger partial charge in [0.25, 0.3) is 0 Å². The lowest BCUT2D eigenvalue weighted by molar-refractivity contribution is -0.120. The van der Waals surface area contributed by atoms with Gasteiger partial charge in [-0.3, -0.25) is 9.69 Å². The number of benzene rings is 2. The van der Waals surface area contributed by atoms with Crippen LogP contribution in [0.2, 0.25) is 5.02 Å². The van der Waals surface area contributed by atoms with Crippen molar-refractivity contribution in [1.29, 1.82) is 0 Å². The zero-order valence-corrected chi connectivity index (χ0v) is 17.7. The molecule has 2 amide bonds. The number of amides is 2. The number of nitrogens with zero attached hydrogens (tertiary/aromatic N) is 1. The smallest absolute Gasteiger partial charge is 0.408 e. The summed E-state index contributed by atoms with van der Waals surface area (Å²) in [6.45, 7) is -0.446. The maximum atomic E-state index is 15.2. The molecule has 3 rings (SSSR count). The normalized spacial score (nSPS) is 18.8. The summed E-state index contributed by atoms with van der Waals surface area (Å²) in [4.78, 5) is 24.3. The molecule has 3 N–H and O–H groups in total. The molecule has 0 radical (unpaired) electrons. The van der Waals surface area contributed by atoms with E-state index in [1.165, 1.54) is 43.4 Å². The van der Waals surface area contributed by atoms with Crippen LogP contribution in [-0.4, -0.2) is 56.2 Å². The van der Waals surface area contributed by atoms with Gasteiger partial charge in [-0.1, -0.05) is 23.7 Å². The number of alkyl halides is 1. The number of likely N-dealkylation sites (tertiary alicyclic amines) is 1. The van der Waals surface area contributed by atoms with Crippen molar-refractivity contribution in [3.8, 4) is 11.1 Å². The van der Waals surface area contributed by atoms with E-state index in [-0.39, 0.29) is 33.2 Å². The molecule has 0 unspecified atom stereocenters. The van der Waals surface area contributed by atoms with E-state index in [9.17, 15) is 22.4 Å². The second kappa shape index (κ2) is 8.77. The highest BCUT2D eigenvalue weighted by Crippen LogP contribution is 2.35. The van der Waals surface area contributed by atoms with E-state index in [1.807, 2.05) is 0 Å². The Morgan fingerprint density at radius 2 is 1.94 bits per heavy atom. The standard InChI is InChI=1S/C19H18ClF2N3O5S/c1-23-31(29,30)11-5-6-14(20)13(8-11)12-3-2-4-15(17(12)22)24-18(26)16-7-10(21)9-25(16)19(27)28/h2-6,8,10,16,23H,7,9H2,1H3,(H,24,26)(H,27,28)/t10-,16+/m1/s1. The van der Waals surface area contributed by atoms with E-state index in [2.05, 4.69) is 10.0 Å². The highest BCUT2D eigenvalue weighted by atomic mass is 35.5. The number of rotatable bonds is 5. The molecule has 0 saturated carbocycles. The fourth-order valence-corrected chi connectivity index (χ4v) is 4.27. The molecule has 12 heteroatoms. The first-order valence-electron chi connectivity index (χ1n) is 9.01. The Kier molecular flexibility index (Phi) is 6.48. The summed E-state index contributed by atoms with van der Waals surface area (Å²) in [6, 6.07) is 6.44. The zero-order valence-electron chi connectivity index (χ0n) is 16.1. The van der Waals surface area contributed by atoms with Gasteiger partial charge in [-0.2, -0.15) is 0 Å². The Hall–Kier alpha value is -2.76. The van der Waals surface area contributed by atoms with Gasteiger partial charge in [0, 0.05) is 22.6 Å². The third kappa shape index (κ3) is 4.63. The quantitative estimate of drug-likeness (QED) is 0.617. The van der Waals surface area contributed by atoms with Crippen molar-refractivity contribution >= 4 is 39.3 Å². The number of carbonyl (C=O) groups is 2. The lowest BCUT2D eigenvalue weighted by atomic mass is 10.0. The van der Waals surface area contributed by atoms with Crippen LogP contribution in [0, 0.1) is 5.82 Å². The summed E-state index contributed by atoms with van der Waals surface area (Å²) in [5.74, 6) is -1.79. The summed E-state index contributed by atoms with van der Waals surface area (Å²) in [6.07, 6.45) is -3.29. The second-order valence-electron chi connectivity index (χ2n) is 6.79. The van der Waals surface area contributed by atoms with Crippen LogP contribution < -0.4 is 10.0 Å². The first-order valence-corrected chi connectivity index (χ1v) is 10.9. The van der Waals surface area contributed by atoms with Crippen LogP contribution in [0.1, 0.15) is 6.42 Å². The highest BCUT2D eigenvalue weighted by Gasteiger charge is 2.40. The monoisotopic (exact) mass is 473 g/mol. The van der Waals surface area contributed by atoms with E-state index in [0.29, 0.717) is 4.90 Å². The maximum Gasteiger partial charge on any atom is 0.408 e. The molecule has 1 saturated heterocycles. The van der Waals surface area contributed by atoms with Crippen molar-refractivity contribution in [3.63, 3.8) is 0 Å². The Balaban J connectivity index is 1.95. The van der Waals surface area contributed by atoms with Crippen molar-refractivity contribution in [2.45, 2.75) is 23.5 Å². The van der Waals surface area contributed by atoms with Crippen molar-refractivity contribution in [2.24, 2.45) is 0 Å². The fraction of sp³-hybridized carbons (Fsp3) is 0.263. The SMILES string of the molecule is CNS(=O)(=O)c1ccc(Cl)c(-c2cccc(NC(=O)[C@@H]3C[C@@H](F)CN3C(=O)O)c2F)c1. The highest BCUT2D eigenvalue weighted by molar-refractivity contribution is 7.89. The number of anilines is 1. The van der Waals surface area contributed by atoms with Crippen LogP contribution in [-0.2, 0) is 14.8 Å². The number of hydrogen-bond donors (Lipinski definition) is 3. The number of halogens is 3. The summed E-state index contributed by atoms with van der Waals surface area (Å²) in [5, 5.41) is 11.5. The lowest BCUT2D eigenvalue weighted by Crippen LogP contribution is -2.42. The van der Waals surface area contributed by atoms with Crippen molar-refractivity contribution in [1.82, 2.24) is 9.62 Å². The number of hydrogen-bond acceptors (Lipinski definition) is 4. The molecule has 1 heterocycles. The van der Waals surface area contributed by atoms with Gasteiger partial charge < -0.3 is 10.4 Å². The Morgan fingerprint density at radius 3 is 2.58 bits per heavy atom. The molecule has 31 heavy (non-hydrogen) atoms. The summed E-state index contributed by atoms with van der Waals surface area (Å²) in [7, 11) is -2.59. The molecule has 1 aliphatic rings. The Morgan fingerprint density at radius 1 is 1.23 bits per heavy atom. The number of carboxylic acid groups (broad SMARTS) is 1. The number of carbonyl (C=O) groups excluding carboxylic acids is 1. The van der Waals surface area contributed by atoms with Gasteiger partial charge in [0.15, 0.2) is 5.82 Å². The molecule has 2 aromatic carbocycles. The third-order valence-corrected chi connectivity index (χ3v) is 6.60. The van der Waals surface area contributed by atoms with E-state index in [0.717, 1.165) is 0 Å².